The highest BCUT2D eigenvalue weighted by Crippen LogP contribution is 2.31. The Bertz CT molecular complexity index is 1420. The van der Waals surface area contributed by atoms with Crippen molar-refractivity contribution in [3.05, 3.63) is 83.9 Å². The van der Waals surface area contributed by atoms with Crippen LogP contribution in [0.1, 0.15) is 17.5 Å². The number of hydrogen-bond donors (Lipinski definition) is 1. The number of nitrogens with one attached hydrogen (secondary N) is 1. The van der Waals surface area contributed by atoms with E-state index >= 15 is 0 Å². The van der Waals surface area contributed by atoms with E-state index in [1.54, 1.807) is 28.4 Å². The third-order valence-electron chi connectivity index (χ3n) is 6.07. The Hall–Kier alpha value is -4.04. The van der Waals surface area contributed by atoms with E-state index < -0.39 is 24.4 Å². The lowest BCUT2D eigenvalue weighted by molar-refractivity contribution is -0.151. The fourth-order valence-electron chi connectivity index (χ4n) is 4.19. The van der Waals surface area contributed by atoms with E-state index in [2.05, 4.69) is 23.3 Å². The second kappa shape index (κ2) is 10.3. The molecule has 1 atom stereocenters. The van der Waals surface area contributed by atoms with Gasteiger partial charge in [0, 0.05) is 30.8 Å². The lowest BCUT2D eigenvalue weighted by atomic mass is 10.1. The first-order chi connectivity index (χ1) is 17.4. The minimum Gasteiger partial charge on any atom is -0.455 e. The van der Waals surface area contributed by atoms with E-state index in [-0.39, 0.29) is 12.3 Å². The number of rotatable bonds is 7. The van der Waals surface area contributed by atoms with Gasteiger partial charge < -0.3 is 15.0 Å². The molecule has 0 spiro atoms. The van der Waals surface area contributed by atoms with Crippen molar-refractivity contribution in [2.45, 2.75) is 19.9 Å². The number of aromatic nitrogens is 1. The van der Waals surface area contributed by atoms with Gasteiger partial charge in [0.15, 0.2) is 6.61 Å². The number of likely N-dealkylation sites (tertiary alicyclic amines) is 1. The maximum atomic E-state index is 12.5. The molecule has 1 saturated heterocycles. The summed E-state index contributed by atoms with van der Waals surface area (Å²) < 4.78 is 6.34. The number of benzene rings is 3. The van der Waals surface area contributed by atoms with Crippen LogP contribution in [0.5, 0.6) is 0 Å². The summed E-state index contributed by atoms with van der Waals surface area (Å²) in [5.74, 6) is -1.62. The van der Waals surface area contributed by atoms with Crippen molar-refractivity contribution >= 4 is 45.0 Å². The van der Waals surface area contributed by atoms with Crippen LogP contribution in [0.25, 0.3) is 20.8 Å². The maximum Gasteiger partial charge on any atom is 0.311 e. The van der Waals surface area contributed by atoms with Crippen molar-refractivity contribution in [2.24, 2.45) is 5.92 Å². The van der Waals surface area contributed by atoms with Crippen LogP contribution in [0.4, 0.5) is 5.69 Å². The molecular weight excluding hydrogens is 474 g/mol. The number of anilines is 1. The summed E-state index contributed by atoms with van der Waals surface area (Å²) in [5.41, 5.74) is 4.72. The van der Waals surface area contributed by atoms with E-state index in [1.165, 1.54) is 5.56 Å². The lowest BCUT2D eigenvalue weighted by Gasteiger charge is -2.16. The van der Waals surface area contributed by atoms with Gasteiger partial charge >= 0.3 is 5.97 Å². The largest absolute Gasteiger partial charge is 0.455 e. The Morgan fingerprint density at radius 1 is 1.08 bits per heavy atom. The molecule has 0 radical (unpaired) electrons. The van der Waals surface area contributed by atoms with Crippen LogP contribution in [-0.2, 0) is 25.7 Å². The standard InChI is InChI=1S/C28H25N3O4S/c1-18-7-12-23-24(13-18)36-27(30-23)20-8-10-22(11-9-20)29-25(32)17-35-28(34)21-14-26(33)31(16-21)15-19-5-3-2-4-6-19/h2-13,21H,14-17H2,1H3,(H,29,32)/t21-/m0/s1. The van der Waals surface area contributed by atoms with Gasteiger partial charge in [-0.05, 0) is 54.4 Å². The van der Waals surface area contributed by atoms with E-state index in [0.717, 1.165) is 26.4 Å². The van der Waals surface area contributed by atoms with Gasteiger partial charge in [-0.15, -0.1) is 11.3 Å². The molecular formula is C28H25N3O4S. The number of carbonyl (C=O) groups is 3. The number of ether oxygens (including phenoxy) is 1. The van der Waals surface area contributed by atoms with Crippen molar-refractivity contribution in [1.82, 2.24) is 9.88 Å². The number of carbonyl (C=O) groups excluding carboxylic acids is 3. The van der Waals surface area contributed by atoms with E-state index in [0.29, 0.717) is 18.8 Å². The van der Waals surface area contributed by atoms with Gasteiger partial charge in [-0.3, -0.25) is 14.4 Å². The third-order valence-corrected chi connectivity index (χ3v) is 7.14. The molecule has 0 bridgehead atoms. The summed E-state index contributed by atoms with van der Waals surface area (Å²) in [7, 11) is 0. The highest BCUT2D eigenvalue weighted by atomic mass is 32.1. The molecule has 0 aliphatic carbocycles. The molecule has 8 heteroatoms. The van der Waals surface area contributed by atoms with Crippen molar-refractivity contribution in [3.8, 4) is 10.6 Å². The summed E-state index contributed by atoms with van der Waals surface area (Å²) >= 11 is 1.62. The highest BCUT2D eigenvalue weighted by Gasteiger charge is 2.35. The Kier molecular flexibility index (Phi) is 6.77. The second-order valence-corrected chi connectivity index (χ2v) is 9.91. The van der Waals surface area contributed by atoms with E-state index in [9.17, 15) is 14.4 Å². The Balaban J connectivity index is 1.11. The van der Waals surface area contributed by atoms with Crippen LogP contribution in [0.3, 0.4) is 0 Å². The molecule has 1 aromatic heterocycles. The summed E-state index contributed by atoms with van der Waals surface area (Å²) in [4.78, 5) is 43.4. The monoisotopic (exact) mass is 499 g/mol. The van der Waals surface area contributed by atoms with Crippen LogP contribution in [0, 0.1) is 12.8 Å². The van der Waals surface area contributed by atoms with Gasteiger partial charge in [0.1, 0.15) is 5.01 Å². The smallest absolute Gasteiger partial charge is 0.311 e. The minimum atomic E-state index is -0.564. The van der Waals surface area contributed by atoms with Crippen LogP contribution in [0.2, 0.25) is 0 Å². The SMILES string of the molecule is Cc1ccc2nc(-c3ccc(NC(=O)COC(=O)[C@H]4CC(=O)N(Cc5ccccc5)C4)cc3)sc2c1. The van der Waals surface area contributed by atoms with Crippen LogP contribution in [0.15, 0.2) is 72.8 Å². The molecule has 1 aliphatic rings. The molecule has 1 fully saturated rings. The van der Waals surface area contributed by atoms with Crippen molar-refractivity contribution in [3.63, 3.8) is 0 Å². The molecule has 182 valence electrons. The maximum absolute atomic E-state index is 12.5. The number of aryl methyl sites for hydroxylation is 1. The summed E-state index contributed by atoms with van der Waals surface area (Å²) in [6, 6.07) is 23.2. The average molecular weight is 500 g/mol. The number of thiazole rings is 1. The second-order valence-electron chi connectivity index (χ2n) is 8.88. The first kappa shape index (κ1) is 23.7. The van der Waals surface area contributed by atoms with E-state index in [4.69, 9.17) is 4.74 Å². The fraction of sp³-hybridized carbons (Fsp3) is 0.214. The number of nitrogens with zero attached hydrogens (tertiary/aromatic N) is 2. The zero-order valence-electron chi connectivity index (χ0n) is 19.8. The molecule has 5 rings (SSSR count). The van der Waals surface area contributed by atoms with Crippen LogP contribution < -0.4 is 5.32 Å². The molecule has 0 saturated carbocycles. The Morgan fingerprint density at radius 2 is 1.86 bits per heavy atom. The number of fused-ring (bicyclic) bond motifs is 1. The van der Waals surface area contributed by atoms with Gasteiger partial charge in [-0.1, -0.05) is 36.4 Å². The van der Waals surface area contributed by atoms with Crippen molar-refractivity contribution in [2.75, 3.05) is 18.5 Å². The van der Waals surface area contributed by atoms with Crippen LogP contribution in [-0.4, -0.2) is 40.8 Å². The summed E-state index contributed by atoms with van der Waals surface area (Å²) in [5, 5.41) is 3.65. The van der Waals surface area contributed by atoms with Gasteiger partial charge in [0.2, 0.25) is 5.91 Å². The number of esters is 1. The molecule has 7 nitrogen and oxygen atoms in total. The molecule has 2 amide bonds. The Labute approximate surface area is 212 Å². The zero-order valence-corrected chi connectivity index (χ0v) is 20.6. The van der Waals surface area contributed by atoms with Crippen LogP contribution >= 0.6 is 11.3 Å². The normalized spacial score (nSPS) is 15.3. The molecule has 36 heavy (non-hydrogen) atoms. The summed E-state index contributed by atoms with van der Waals surface area (Å²) in [6.45, 7) is 2.40. The predicted molar refractivity (Wildman–Crippen MR) is 139 cm³/mol. The highest BCUT2D eigenvalue weighted by molar-refractivity contribution is 7.21. The fourth-order valence-corrected chi connectivity index (χ4v) is 5.26. The topological polar surface area (TPSA) is 88.6 Å². The third kappa shape index (κ3) is 5.44. The van der Waals surface area contributed by atoms with Gasteiger partial charge in [-0.25, -0.2) is 4.98 Å². The summed E-state index contributed by atoms with van der Waals surface area (Å²) in [6.07, 6.45) is 0.0973. The van der Waals surface area contributed by atoms with Gasteiger partial charge in [0.25, 0.3) is 5.91 Å². The molecule has 2 heterocycles. The van der Waals surface area contributed by atoms with Gasteiger partial charge in [-0.2, -0.15) is 0 Å². The molecule has 0 unspecified atom stereocenters. The Morgan fingerprint density at radius 3 is 2.64 bits per heavy atom. The quantitative estimate of drug-likeness (QED) is 0.369. The molecule has 4 aromatic rings. The lowest BCUT2D eigenvalue weighted by Crippen LogP contribution is -2.28. The average Bonchev–Trinajstić information content (AvgIpc) is 3.46. The molecule has 1 aliphatic heterocycles. The minimum absolute atomic E-state index is 0.0893. The first-order valence-electron chi connectivity index (χ1n) is 11.7. The number of amides is 2. The van der Waals surface area contributed by atoms with E-state index in [1.807, 2.05) is 54.6 Å². The zero-order chi connectivity index (χ0) is 25.1. The number of hydrogen-bond acceptors (Lipinski definition) is 6. The van der Waals surface area contributed by atoms with Crippen molar-refractivity contribution < 1.29 is 19.1 Å². The molecule has 1 N–H and O–H groups in total. The van der Waals surface area contributed by atoms with Gasteiger partial charge in [0.05, 0.1) is 16.1 Å². The van der Waals surface area contributed by atoms with Crippen molar-refractivity contribution in [1.29, 1.82) is 0 Å². The predicted octanol–water partition coefficient (Wildman–Crippen LogP) is 4.80. The molecule has 3 aromatic carbocycles. The first-order valence-corrected chi connectivity index (χ1v) is 12.5.